The second-order valence-electron chi connectivity index (χ2n) is 4.64. The van der Waals surface area contributed by atoms with Crippen molar-refractivity contribution in [2.24, 2.45) is 5.92 Å². The minimum Gasteiger partial charge on any atom is -0.307 e. The fraction of sp³-hybridized carbons (Fsp3) is 0.538. The van der Waals surface area contributed by atoms with Crippen LogP contribution in [0.1, 0.15) is 32.3 Å². The Kier molecular flexibility index (Phi) is 2.79. The van der Waals surface area contributed by atoms with Crippen molar-refractivity contribution >= 4 is 0 Å². The molecule has 1 aliphatic heterocycles. The van der Waals surface area contributed by atoms with Crippen molar-refractivity contribution in [2.45, 2.75) is 32.2 Å². The van der Waals surface area contributed by atoms with Crippen molar-refractivity contribution in [3.8, 4) is 0 Å². The molecule has 1 N–H and O–H groups in total. The second-order valence-corrected chi connectivity index (χ2v) is 4.64. The molecule has 15 heavy (non-hydrogen) atoms. The van der Waals surface area contributed by atoms with E-state index in [0.29, 0.717) is 5.92 Å². The Balaban J connectivity index is 2.46. The Morgan fingerprint density at radius 3 is 2.60 bits per heavy atom. The van der Waals surface area contributed by atoms with Gasteiger partial charge in [-0.25, -0.2) is 4.39 Å². The molecule has 1 heterocycles. The Bertz CT molecular complexity index is 340. The van der Waals surface area contributed by atoms with Crippen molar-refractivity contribution < 1.29 is 4.39 Å². The van der Waals surface area contributed by atoms with Gasteiger partial charge in [0.2, 0.25) is 0 Å². The molecule has 1 aromatic rings. The summed E-state index contributed by atoms with van der Waals surface area (Å²) in [6.45, 7) is 5.31. The number of rotatable bonds is 2. The average molecular weight is 207 g/mol. The molecule has 1 atom stereocenters. The quantitative estimate of drug-likeness (QED) is 0.786. The van der Waals surface area contributed by atoms with Crippen LogP contribution in [0.5, 0.6) is 0 Å². The molecular formula is C13H18FN. The van der Waals surface area contributed by atoms with E-state index < -0.39 is 0 Å². The van der Waals surface area contributed by atoms with Crippen molar-refractivity contribution in [3.05, 3.63) is 35.6 Å². The Morgan fingerprint density at radius 1 is 1.33 bits per heavy atom. The molecule has 1 nitrogen and oxygen atoms in total. The third-order valence-electron chi connectivity index (χ3n) is 3.53. The summed E-state index contributed by atoms with van der Waals surface area (Å²) >= 11 is 0. The molecule has 0 bridgehead atoms. The molecule has 82 valence electrons. The van der Waals surface area contributed by atoms with Crippen molar-refractivity contribution in [3.63, 3.8) is 0 Å². The number of hydrogen-bond acceptors (Lipinski definition) is 1. The van der Waals surface area contributed by atoms with E-state index in [0.717, 1.165) is 24.9 Å². The van der Waals surface area contributed by atoms with Gasteiger partial charge in [0.05, 0.1) is 0 Å². The van der Waals surface area contributed by atoms with Crippen LogP contribution in [-0.2, 0) is 5.54 Å². The van der Waals surface area contributed by atoms with Gasteiger partial charge in [0, 0.05) is 11.1 Å². The van der Waals surface area contributed by atoms with Crippen LogP contribution in [0.15, 0.2) is 24.3 Å². The average Bonchev–Trinajstić information content (AvgIpc) is 2.68. The molecule has 0 radical (unpaired) electrons. The van der Waals surface area contributed by atoms with E-state index >= 15 is 0 Å². The van der Waals surface area contributed by atoms with Gasteiger partial charge in [0.15, 0.2) is 0 Å². The molecule has 1 aromatic carbocycles. The molecule has 2 heteroatoms. The van der Waals surface area contributed by atoms with Gasteiger partial charge >= 0.3 is 0 Å². The lowest BCUT2D eigenvalue weighted by molar-refractivity contribution is 0.267. The molecule has 0 aromatic heterocycles. The van der Waals surface area contributed by atoms with Crippen molar-refractivity contribution in [2.75, 3.05) is 6.54 Å². The molecular weight excluding hydrogens is 189 g/mol. The first-order valence-corrected chi connectivity index (χ1v) is 5.67. The summed E-state index contributed by atoms with van der Waals surface area (Å²) in [5.41, 5.74) is 0.684. The third-order valence-corrected chi connectivity index (χ3v) is 3.53. The monoisotopic (exact) mass is 207 g/mol. The molecule has 1 fully saturated rings. The smallest absolute Gasteiger partial charge is 0.128 e. The zero-order valence-electron chi connectivity index (χ0n) is 9.39. The highest BCUT2D eigenvalue weighted by Gasteiger charge is 2.39. The minimum atomic E-state index is -0.147. The maximum Gasteiger partial charge on any atom is 0.128 e. The zero-order valence-corrected chi connectivity index (χ0v) is 9.39. The molecule has 1 unspecified atom stereocenters. The van der Waals surface area contributed by atoms with Crippen molar-refractivity contribution in [1.82, 2.24) is 5.32 Å². The molecule has 1 saturated heterocycles. The van der Waals surface area contributed by atoms with Gasteiger partial charge in [-0.15, -0.1) is 0 Å². The van der Waals surface area contributed by atoms with Gasteiger partial charge in [-0.05, 0) is 31.4 Å². The van der Waals surface area contributed by atoms with Crippen LogP contribution in [0.2, 0.25) is 0 Å². The summed E-state index contributed by atoms with van der Waals surface area (Å²) in [6.07, 6.45) is 2.16. The SMILES string of the molecule is CC(C)C1(c2ccccc2F)CCCN1. The first-order valence-electron chi connectivity index (χ1n) is 5.67. The Hall–Kier alpha value is -0.890. The molecule has 2 rings (SSSR count). The minimum absolute atomic E-state index is 0.0828. The van der Waals surface area contributed by atoms with Crippen LogP contribution in [0.3, 0.4) is 0 Å². The van der Waals surface area contributed by atoms with E-state index in [1.807, 2.05) is 12.1 Å². The van der Waals surface area contributed by atoms with Crippen LogP contribution in [0.25, 0.3) is 0 Å². The zero-order chi connectivity index (χ0) is 10.9. The summed E-state index contributed by atoms with van der Waals surface area (Å²) in [7, 11) is 0. The molecule has 0 spiro atoms. The van der Waals surface area contributed by atoms with E-state index in [9.17, 15) is 4.39 Å². The maximum absolute atomic E-state index is 13.8. The van der Waals surface area contributed by atoms with Crippen LogP contribution in [-0.4, -0.2) is 6.54 Å². The highest BCUT2D eigenvalue weighted by Crippen LogP contribution is 2.38. The predicted molar refractivity (Wildman–Crippen MR) is 60.2 cm³/mol. The van der Waals surface area contributed by atoms with Gasteiger partial charge in [-0.1, -0.05) is 32.0 Å². The predicted octanol–water partition coefficient (Wildman–Crippen LogP) is 3.06. The summed E-state index contributed by atoms with van der Waals surface area (Å²) in [5.74, 6) is 0.331. The summed E-state index contributed by atoms with van der Waals surface area (Å²) < 4.78 is 13.8. The Morgan fingerprint density at radius 2 is 2.07 bits per heavy atom. The number of benzene rings is 1. The van der Waals surface area contributed by atoms with E-state index in [2.05, 4.69) is 19.2 Å². The van der Waals surface area contributed by atoms with E-state index in [1.165, 1.54) is 0 Å². The highest BCUT2D eigenvalue weighted by molar-refractivity contribution is 5.28. The lowest BCUT2D eigenvalue weighted by Crippen LogP contribution is -2.42. The standard InChI is InChI=1S/C13H18FN/c1-10(2)13(8-5-9-15-13)11-6-3-4-7-12(11)14/h3-4,6-7,10,15H,5,8-9H2,1-2H3. The van der Waals surface area contributed by atoms with Gasteiger partial charge in [-0.2, -0.15) is 0 Å². The molecule has 0 saturated carbocycles. The lowest BCUT2D eigenvalue weighted by Gasteiger charge is -2.34. The second kappa shape index (κ2) is 3.93. The van der Waals surface area contributed by atoms with Crippen LogP contribution in [0, 0.1) is 11.7 Å². The first kappa shape index (κ1) is 10.6. The first-order chi connectivity index (χ1) is 7.17. The van der Waals surface area contributed by atoms with Gasteiger partial charge < -0.3 is 5.32 Å². The van der Waals surface area contributed by atoms with Gasteiger partial charge in [0.25, 0.3) is 0 Å². The molecule has 0 aliphatic carbocycles. The van der Waals surface area contributed by atoms with Crippen LogP contribution < -0.4 is 5.32 Å². The number of halogens is 1. The van der Waals surface area contributed by atoms with Crippen LogP contribution >= 0.6 is 0 Å². The molecule has 0 amide bonds. The fourth-order valence-corrected chi connectivity index (χ4v) is 2.62. The van der Waals surface area contributed by atoms with E-state index in [4.69, 9.17) is 0 Å². The van der Waals surface area contributed by atoms with E-state index in [1.54, 1.807) is 12.1 Å². The largest absolute Gasteiger partial charge is 0.307 e. The molecule has 1 aliphatic rings. The van der Waals surface area contributed by atoms with Gasteiger partial charge in [-0.3, -0.25) is 0 Å². The summed E-state index contributed by atoms with van der Waals surface area (Å²) in [4.78, 5) is 0. The Labute approximate surface area is 90.7 Å². The highest BCUT2D eigenvalue weighted by atomic mass is 19.1. The number of hydrogen-bond donors (Lipinski definition) is 1. The lowest BCUT2D eigenvalue weighted by atomic mass is 9.78. The third kappa shape index (κ3) is 1.67. The topological polar surface area (TPSA) is 12.0 Å². The maximum atomic E-state index is 13.8. The van der Waals surface area contributed by atoms with Crippen molar-refractivity contribution in [1.29, 1.82) is 0 Å². The fourth-order valence-electron chi connectivity index (χ4n) is 2.62. The summed E-state index contributed by atoms with van der Waals surface area (Å²) in [6, 6.07) is 7.14. The van der Waals surface area contributed by atoms with Gasteiger partial charge in [0.1, 0.15) is 5.82 Å². The van der Waals surface area contributed by atoms with Crippen LogP contribution in [0.4, 0.5) is 4.39 Å². The number of nitrogens with one attached hydrogen (secondary N) is 1. The normalized spacial score (nSPS) is 26.1. The summed E-state index contributed by atoms with van der Waals surface area (Å²) in [5, 5.41) is 3.49. The van der Waals surface area contributed by atoms with E-state index in [-0.39, 0.29) is 11.4 Å².